The number of fused-ring (bicyclic) bond motifs is 1. The Morgan fingerprint density at radius 2 is 1.84 bits per heavy atom. The summed E-state index contributed by atoms with van der Waals surface area (Å²) in [5.74, 6) is -3.82. The van der Waals surface area contributed by atoms with Crippen molar-refractivity contribution in [2.75, 3.05) is 24.5 Å². The van der Waals surface area contributed by atoms with Crippen LogP contribution in [0.15, 0.2) is 60.4 Å². The van der Waals surface area contributed by atoms with Crippen LogP contribution in [0.25, 0.3) is 28.0 Å². The number of halogens is 3. The Morgan fingerprint density at radius 3 is 2.47 bits per heavy atom. The Hall–Kier alpha value is -4.81. The number of hydrogen-bond donors (Lipinski definition) is 0. The third-order valence-electron chi connectivity index (χ3n) is 6.37. The van der Waals surface area contributed by atoms with Crippen molar-refractivity contribution in [3.05, 3.63) is 88.8 Å². The Labute approximate surface area is 213 Å². The van der Waals surface area contributed by atoms with Crippen molar-refractivity contribution in [2.45, 2.75) is 13.0 Å². The first-order valence-corrected chi connectivity index (χ1v) is 11.5. The maximum Gasteiger partial charge on any atom is 0.442 e. The molecule has 10 nitrogen and oxygen atoms in total. The SMILES string of the molecule is C=CC(=O)N1CCN(c2nc(=O)n(-c3cncnc3)c3c2cc(F)c(-c2c(F)cccc2F)[n+]3[O-])[C@@H](C)C1. The lowest BCUT2D eigenvalue weighted by Crippen LogP contribution is -2.54. The minimum absolute atomic E-state index is 0.0136. The highest BCUT2D eigenvalue weighted by Gasteiger charge is 2.33. The molecule has 0 saturated carbocycles. The molecule has 0 N–H and O–H groups in total. The smallest absolute Gasteiger partial charge is 0.442 e. The maximum atomic E-state index is 15.5. The van der Waals surface area contributed by atoms with E-state index in [9.17, 15) is 23.6 Å². The number of nitrogens with zero attached hydrogens (tertiary/aromatic N) is 7. The van der Waals surface area contributed by atoms with E-state index in [0.29, 0.717) is 0 Å². The molecule has 0 radical (unpaired) electrons. The third kappa shape index (κ3) is 4.01. The number of hydrogen-bond acceptors (Lipinski definition) is 7. The van der Waals surface area contributed by atoms with E-state index in [1.54, 1.807) is 16.7 Å². The molecular formula is C25H20F3N7O3. The number of benzene rings is 1. The van der Waals surface area contributed by atoms with Crippen LogP contribution in [0.2, 0.25) is 0 Å². The summed E-state index contributed by atoms with van der Waals surface area (Å²) in [6.07, 6.45) is 4.88. The van der Waals surface area contributed by atoms with Crippen molar-refractivity contribution in [3.8, 4) is 16.9 Å². The summed E-state index contributed by atoms with van der Waals surface area (Å²) in [6, 6.07) is 3.40. The van der Waals surface area contributed by atoms with E-state index in [4.69, 9.17) is 0 Å². The van der Waals surface area contributed by atoms with Crippen LogP contribution in [-0.2, 0) is 4.79 Å². The lowest BCUT2D eigenvalue weighted by Gasteiger charge is -2.40. The van der Waals surface area contributed by atoms with E-state index in [0.717, 1.165) is 28.8 Å². The Bertz CT molecular complexity index is 1630. The van der Waals surface area contributed by atoms with Crippen LogP contribution in [0.5, 0.6) is 0 Å². The number of amides is 1. The normalized spacial score (nSPS) is 15.6. The lowest BCUT2D eigenvalue weighted by molar-refractivity contribution is -0.569. The standard InChI is InChI=1S/C25H20F3N7O3/c1-3-20(36)32-7-8-33(14(2)12-32)23-16-9-19(28)22(21-17(26)5-4-6-18(21)27)35(38)24(16)34(25(37)31-23)15-10-29-13-30-11-15/h3-6,9-11,13-14H,1,7-8,12H2,2H3/t14-/m0/s1. The molecule has 5 rings (SSSR count). The number of piperazine rings is 1. The molecule has 4 aromatic rings. The van der Waals surface area contributed by atoms with Crippen LogP contribution >= 0.6 is 0 Å². The second-order valence-corrected chi connectivity index (χ2v) is 8.65. The number of aromatic nitrogens is 5. The van der Waals surface area contributed by atoms with E-state index in [1.165, 1.54) is 24.8 Å². The van der Waals surface area contributed by atoms with Gasteiger partial charge in [0, 0.05) is 25.7 Å². The molecule has 1 atom stereocenters. The Morgan fingerprint density at radius 1 is 1.16 bits per heavy atom. The molecule has 1 aliphatic heterocycles. The number of rotatable bonds is 4. The van der Waals surface area contributed by atoms with Gasteiger partial charge in [-0.1, -0.05) is 12.6 Å². The Balaban J connectivity index is 1.81. The molecular weight excluding hydrogens is 503 g/mol. The Kier molecular flexibility index (Phi) is 6.27. The van der Waals surface area contributed by atoms with Gasteiger partial charge < -0.3 is 15.0 Å². The molecule has 1 saturated heterocycles. The van der Waals surface area contributed by atoms with Crippen molar-refractivity contribution in [2.24, 2.45) is 0 Å². The lowest BCUT2D eigenvalue weighted by atomic mass is 10.1. The summed E-state index contributed by atoms with van der Waals surface area (Å²) in [5.41, 5.74) is -3.13. The van der Waals surface area contributed by atoms with Crippen LogP contribution in [0, 0.1) is 22.7 Å². The summed E-state index contributed by atoms with van der Waals surface area (Å²) in [6.45, 7) is 5.99. The number of carbonyl (C=O) groups is 1. The first kappa shape index (κ1) is 24.9. The average molecular weight is 523 g/mol. The van der Waals surface area contributed by atoms with Gasteiger partial charge in [-0.3, -0.25) is 4.79 Å². The van der Waals surface area contributed by atoms with Crippen molar-refractivity contribution in [1.29, 1.82) is 0 Å². The van der Waals surface area contributed by atoms with E-state index in [2.05, 4.69) is 21.5 Å². The molecule has 0 spiro atoms. The molecule has 1 aliphatic rings. The molecule has 4 heterocycles. The minimum atomic E-state index is -1.22. The van der Waals surface area contributed by atoms with Gasteiger partial charge >= 0.3 is 11.3 Å². The zero-order chi connectivity index (χ0) is 27.1. The number of anilines is 1. The van der Waals surface area contributed by atoms with Crippen molar-refractivity contribution in [3.63, 3.8) is 0 Å². The monoisotopic (exact) mass is 523 g/mol. The van der Waals surface area contributed by atoms with E-state index < -0.39 is 40.0 Å². The molecule has 194 valence electrons. The van der Waals surface area contributed by atoms with Crippen LogP contribution in [-0.4, -0.2) is 56.0 Å². The fourth-order valence-electron chi connectivity index (χ4n) is 4.64. The zero-order valence-corrected chi connectivity index (χ0v) is 20.0. The number of pyridine rings is 1. The van der Waals surface area contributed by atoms with E-state index >= 15 is 4.39 Å². The van der Waals surface area contributed by atoms with Crippen LogP contribution < -0.4 is 15.3 Å². The van der Waals surface area contributed by atoms with Crippen LogP contribution in [0.1, 0.15) is 6.92 Å². The van der Waals surface area contributed by atoms with Crippen molar-refractivity contribution < 1.29 is 22.7 Å². The highest BCUT2D eigenvalue weighted by molar-refractivity contribution is 5.89. The first-order chi connectivity index (χ1) is 18.2. The largest absolute Gasteiger partial charge is 0.710 e. The topological polar surface area (TPSA) is 111 Å². The molecule has 38 heavy (non-hydrogen) atoms. The quantitative estimate of drug-likeness (QED) is 0.229. The van der Waals surface area contributed by atoms with Gasteiger partial charge in [-0.2, -0.15) is 4.98 Å². The van der Waals surface area contributed by atoms with Gasteiger partial charge in [0.25, 0.3) is 0 Å². The second-order valence-electron chi connectivity index (χ2n) is 8.65. The van der Waals surface area contributed by atoms with Gasteiger partial charge in [0.1, 0.15) is 23.3 Å². The van der Waals surface area contributed by atoms with Crippen molar-refractivity contribution in [1.82, 2.24) is 24.4 Å². The van der Waals surface area contributed by atoms with Gasteiger partial charge in [-0.15, -0.1) is 4.57 Å². The van der Waals surface area contributed by atoms with Gasteiger partial charge in [-0.05, 0) is 31.2 Å². The molecule has 1 fully saturated rings. The highest BCUT2D eigenvalue weighted by Crippen LogP contribution is 2.32. The average Bonchev–Trinajstić information content (AvgIpc) is 2.90. The minimum Gasteiger partial charge on any atom is -0.710 e. The maximum absolute atomic E-state index is 15.5. The fraction of sp³-hybridized carbons (Fsp3) is 0.200. The summed E-state index contributed by atoms with van der Waals surface area (Å²) in [5, 5.41) is 13.6. The van der Waals surface area contributed by atoms with Crippen molar-refractivity contribution >= 4 is 22.8 Å². The van der Waals surface area contributed by atoms with Gasteiger partial charge in [0.05, 0.1) is 18.0 Å². The van der Waals surface area contributed by atoms with E-state index in [1.807, 2.05) is 0 Å². The number of carbonyl (C=O) groups excluding carboxylic acids is 1. The molecule has 1 aromatic carbocycles. The van der Waals surface area contributed by atoms with Crippen LogP contribution in [0.4, 0.5) is 19.0 Å². The fourth-order valence-corrected chi connectivity index (χ4v) is 4.64. The summed E-state index contributed by atoms with van der Waals surface area (Å²) >= 11 is 0. The van der Waals surface area contributed by atoms with Gasteiger partial charge in [0.2, 0.25) is 5.91 Å². The van der Waals surface area contributed by atoms with Crippen LogP contribution in [0.3, 0.4) is 0 Å². The van der Waals surface area contributed by atoms with Gasteiger partial charge in [-0.25, -0.2) is 32.7 Å². The van der Waals surface area contributed by atoms with Gasteiger partial charge in [0.15, 0.2) is 23.0 Å². The molecule has 0 aliphatic carbocycles. The first-order valence-electron chi connectivity index (χ1n) is 11.5. The predicted molar refractivity (Wildman–Crippen MR) is 131 cm³/mol. The second kappa shape index (κ2) is 9.57. The van der Waals surface area contributed by atoms with E-state index in [-0.39, 0.29) is 53.2 Å². The highest BCUT2D eigenvalue weighted by atomic mass is 19.1. The molecule has 0 unspecified atom stereocenters. The molecule has 0 bridgehead atoms. The summed E-state index contributed by atoms with van der Waals surface area (Å²) in [7, 11) is 0. The zero-order valence-electron chi connectivity index (χ0n) is 20.0. The predicted octanol–water partition coefficient (Wildman–Crippen LogP) is 2.12. The summed E-state index contributed by atoms with van der Waals surface area (Å²) in [4.78, 5) is 40.5. The summed E-state index contributed by atoms with van der Waals surface area (Å²) < 4.78 is 45.7. The third-order valence-corrected chi connectivity index (χ3v) is 6.37. The molecule has 1 amide bonds. The molecule has 13 heteroatoms. The molecule has 3 aromatic heterocycles.